The first-order chi connectivity index (χ1) is 13.1. The summed E-state index contributed by atoms with van der Waals surface area (Å²) < 4.78 is 10.6. The van der Waals surface area contributed by atoms with Gasteiger partial charge >= 0.3 is 0 Å². The number of carbonyl (C=O) groups is 3. The third-order valence-corrected chi connectivity index (χ3v) is 5.83. The minimum absolute atomic E-state index is 0.160. The third kappa shape index (κ3) is 3.80. The highest BCUT2D eigenvalue weighted by Gasteiger charge is 2.40. The lowest BCUT2D eigenvalue weighted by Gasteiger charge is -2.36. The van der Waals surface area contributed by atoms with Gasteiger partial charge in [0.1, 0.15) is 0 Å². The minimum atomic E-state index is -0.253. The van der Waals surface area contributed by atoms with E-state index in [1.54, 1.807) is 12.1 Å². The molecule has 0 aromatic heterocycles. The van der Waals surface area contributed by atoms with Crippen LogP contribution in [0, 0.1) is 0 Å². The topological polar surface area (TPSA) is 84.9 Å². The van der Waals surface area contributed by atoms with Crippen LogP contribution in [0.1, 0.15) is 31.2 Å². The summed E-state index contributed by atoms with van der Waals surface area (Å²) >= 11 is 1.03. The molecule has 7 nitrogen and oxygen atoms in total. The van der Waals surface area contributed by atoms with Crippen molar-refractivity contribution < 1.29 is 23.9 Å². The number of fused-ring (bicyclic) bond motifs is 1. The van der Waals surface area contributed by atoms with Crippen molar-refractivity contribution >= 4 is 34.9 Å². The first-order valence-electron chi connectivity index (χ1n) is 8.99. The van der Waals surface area contributed by atoms with Gasteiger partial charge in [-0.25, -0.2) is 0 Å². The number of hydrogen-bond donors (Lipinski definition) is 1. The van der Waals surface area contributed by atoms with Gasteiger partial charge in [0, 0.05) is 6.08 Å². The molecule has 0 radical (unpaired) electrons. The molecule has 2 atom stereocenters. The van der Waals surface area contributed by atoms with E-state index in [9.17, 15) is 14.4 Å². The fraction of sp³-hybridized carbons (Fsp3) is 0.421. The number of thioether (sulfide) groups is 1. The summed E-state index contributed by atoms with van der Waals surface area (Å²) in [6, 6.07) is 5.00. The number of amides is 3. The van der Waals surface area contributed by atoms with Crippen molar-refractivity contribution in [2.75, 3.05) is 12.5 Å². The molecule has 1 N–H and O–H groups in total. The van der Waals surface area contributed by atoms with Crippen LogP contribution in [0.5, 0.6) is 11.5 Å². The Kier molecular flexibility index (Phi) is 5.07. The molecule has 142 valence electrons. The van der Waals surface area contributed by atoms with Gasteiger partial charge in [0.25, 0.3) is 5.24 Å². The molecule has 3 aliphatic rings. The zero-order valence-corrected chi connectivity index (χ0v) is 15.5. The second-order valence-corrected chi connectivity index (χ2v) is 7.66. The average molecular weight is 388 g/mol. The van der Waals surface area contributed by atoms with E-state index in [1.165, 1.54) is 11.0 Å². The lowest BCUT2D eigenvalue weighted by Crippen LogP contribution is -2.54. The Balaban J connectivity index is 1.41. The zero-order valence-electron chi connectivity index (χ0n) is 14.7. The largest absolute Gasteiger partial charge is 0.454 e. The summed E-state index contributed by atoms with van der Waals surface area (Å²) in [5.41, 5.74) is 0.830. The van der Waals surface area contributed by atoms with Gasteiger partial charge in [-0.2, -0.15) is 0 Å². The summed E-state index contributed by atoms with van der Waals surface area (Å²) in [6.07, 6.45) is 6.58. The van der Waals surface area contributed by atoms with Gasteiger partial charge in [0.05, 0.1) is 17.8 Å². The molecule has 1 saturated heterocycles. The lowest BCUT2D eigenvalue weighted by molar-refractivity contribution is -0.128. The summed E-state index contributed by atoms with van der Waals surface area (Å²) in [6.45, 7) is 0.207. The van der Waals surface area contributed by atoms with Crippen LogP contribution in [0.2, 0.25) is 0 Å². The molecule has 4 rings (SSSR count). The molecule has 1 saturated carbocycles. The van der Waals surface area contributed by atoms with E-state index in [0.29, 0.717) is 11.5 Å². The molecular weight excluding hydrogens is 368 g/mol. The van der Waals surface area contributed by atoms with Crippen molar-refractivity contribution in [3.63, 3.8) is 0 Å². The monoisotopic (exact) mass is 388 g/mol. The summed E-state index contributed by atoms with van der Waals surface area (Å²) in [5, 5.41) is 2.77. The van der Waals surface area contributed by atoms with Gasteiger partial charge in [-0.1, -0.05) is 30.7 Å². The predicted octanol–water partition coefficient (Wildman–Crippen LogP) is 2.55. The van der Waals surface area contributed by atoms with Crippen LogP contribution in [0.25, 0.3) is 6.08 Å². The van der Waals surface area contributed by atoms with E-state index >= 15 is 0 Å². The Bertz CT molecular complexity index is 793. The number of rotatable bonds is 4. The van der Waals surface area contributed by atoms with Gasteiger partial charge in [-0.15, -0.1) is 0 Å². The van der Waals surface area contributed by atoms with Crippen LogP contribution in [0.15, 0.2) is 24.3 Å². The predicted molar refractivity (Wildman–Crippen MR) is 100 cm³/mol. The fourth-order valence-corrected chi connectivity index (χ4v) is 4.46. The maximum absolute atomic E-state index is 12.4. The van der Waals surface area contributed by atoms with Gasteiger partial charge < -0.3 is 14.8 Å². The van der Waals surface area contributed by atoms with Gasteiger partial charge in [-0.3, -0.25) is 19.3 Å². The molecule has 27 heavy (non-hydrogen) atoms. The Morgan fingerprint density at radius 3 is 2.81 bits per heavy atom. The normalized spacial score (nSPS) is 24.7. The third-order valence-electron chi connectivity index (χ3n) is 5.00. The Hall–Kier alpha value is -2.48. The molecule has 2 fully saturated rings. The SMILES string of the molecule is O=C(/C=C/c1ccc2c(c1)OCO2)N[C@@H]1CCCC[C@H]1N1C(=O)CSC1=O. The molecule has 2 heterocycles. The molecular formula is C19H20N2O5S. The van der Waals surface area contributed by atoms with Crippen molar-refractivity contribution in [1.29, 1.82) is 0 Å². The zero-order chi connectivity index (χ0) is 18.8. The van der Waals surface area contributed by atoms with E-state index < -0.39 is 0 Å². The molecule has 0 unspecified atom stereocenters. The van der Waals surface area contributed by atoms with E-state index in [2.05, 4.69) is 5.32 Å². The second kappa shape index (κ2) is 7.64. The number of ether oxygens (including phenoxy) is 2. The van der Waals surface area contributed by atoms with E-state index in [0.717, 1.165) is 43.0 Å². The Morgan fingerprint density at radius 2 is 2.00 bits per heavy atom. The van der Waals surface area contributed by atoms with E-state index in [-0.39, 0.29) is 41.7 Å². The Labute approximate surface area is 161 Å². The number of nitrogens with zero attached hydrogens (tertiary/aromatic N) is 1. The second-order valence-electron chi connectivity index (χ2n) is 6.73. The van der Waals surface area contributed by atoms with Crippen molar-refractivity contribution in [1.82, 2.24) is 10.2 Å². The smallest absolute Gasteiger partial charge is 0.289 e. The van der Waals surface area contributed by atoms with E-state index in [1.807, 2.05) is 12.1 Å². The quantitative estimate of drug-likeness (QED) is 0.798. The van der Waals surface area contributed by atoms with Crippen LogP contribution in [0.3, 0.4) is 0 Å². The number of carbonyl (C=O) groups excluding carboxylic acids is 3. The summed E-state index contributed by atoms with van der Waals surface area (Å²) in [7, 11) is 0. The van der Waals surface area contributed by atoms with Crippen LogP contribution in [0.4, 0.5) is 4.79 Å². The first-order valence-corrected chi connectivity index (χ1v) is 9.97. The molecule has 1 aromatic carbocycles. The maximum Gasteiger partial charge on any atom is 0.289 e. The maximum atomic E-state index is 12.4. The molecule has 3 amide bonds. The lowest BCUT2D eigenvalue weighted by atomic mass is 9.89. The summed E-state index contributed by atoms with van der Waals surface area (Å²) in [5.74, 6) is 1.15. The molecule has 2 aliphatic heterocycles. The van der Waals surface area contributed by atoms with Crippen LogP contribution >= 0.6 is 11.8 Å². The number of benzene rings is 1. The van der Waals surface area contributed by atoms with Gasteiger partial charge in [-0.05, 0) is 36.6 Å². The minimum Gasteiger partial charge on any atom is -0.454 e. The highest BCUT2D eigenvalue weighted by atomic mass is 32.2. The highest BCUT2D eigenvalue weighted by molar-refractivity contribution is 8.14. The van der Waals surface area contributed by atoms with Crippen molar-refractivity contribution in [3.05, 3.63) is 29.8 Å². The van der Waals surface area contributed by atoms with Crippen molar-refractivity contribution in [2.45, 2.75) is 37.8 Å². The van der Waals surface area contributed by atoms with Crippen LogP contribution < -0.4 is 14.8 Å². The van der Waals surface area contributed by atoms with Crippen LogP contribution in [-0.2, 0) is 9.59 Å². The standard InChI is InChI=1S/C19H20N2O5S/c22-17(8-6-12-5-7-15-16(9-12)26-11-25-15)20-13-3-1-2-4-14(13)21-18(23)10-27-19(21)24/h5-9,13-14H,1-4,10-11H2,(H,20,22)/b8-6+/t13-,14-/m1/s1. The average Bonchev–Trinajstić information content (AvgIpc) is 3.26. The van der Waals surface area contributed by atoms with Gasteiger partial charge in [0.15, 0.2) is 11.5 Å². The summed E-state index contributed by atoms with van der Waals surface area (Å²) in [4.78, 5) is 37.8. The van der Waals surface area contributed by atoms with Crippen molar-refractivity contribution in [3.8, 4) is 11.5 Å². The van der Waals surface area contributed by atoms with Crippen LogP contribution in [-0.4, -0.2) is 46.6 Å². The number of nitrogens with one attached hydrogen (secondary N) is 1. The molecule has 0 spiro atoms. The fourth-order valence-electron chi connectivity index (χ4n) is 3.69. The number of hydrogen-bond acceptors (Lipinski definition) is 6. The first kappa shape index (κ1) is 17.9. The van der Waals surface area contributed by atoms with Crippen molar-refractivity contribution in [2.24, 2.45) is 0 Å². The molecule has 0 bridgehead atoms. The van der Waals surface area contributed by atoms with Gasteiger partial charge in [0.2, 0.25) is 18.6 Å². The molecule has 1 aromatic rings. The highest BCUT2D eigenvalue weighted by Crippen LogP contribution is 2.33. The number of imide groups is 1. The van der Waals surface area contributed by atoms with E-state index in [4.69, 9.17) is 9.47 Å². The molecule has 8 heteroatoms. The Morgan fingerprint density at radius 1 is 1.19 bits per heavy atom. The molecule has 1 aliphatic carbocycles.